The van der Waals surface area contributed by atoms with E-state index in [4.69, 9.17) is 0 Å². The van der Waals surface area contributed by atoms with Crippen molar-refractivity contribution in [2.24, 2.45) is 0 Å². The van der Waals surface area contributed by atoms with Crippen molar-refractivity contribution in [1.82, 2.24) is 10.2 Å². The summed E-state index contributed by atoms with van der Waals surface area (Å²) >= 11 is 1.92. The standard InChI is InChI=1S/C11H18N2S/c1-3-12-6-9-8-14-11-7-13(2)5-4-10(9)11/h8,12H,3-7H2,1-2H3. The highest BCUT2D eigenvalue weighted by Crippen LogP contribution is 2.27. The summed E-state index contributed by atoms with van der Waals surface area (Å²) < 4.78 is 0. The smallest absolute Gasteiger partial charge is 0.0327 e. The summed E-state index contributed by atoms with van der Waals surface area (Å²) in [6.07, 6.45) is 1.23. The maximum Gasteiger partial charge on any atom is 0.0327 e. The van der Waals surface area contributed by atoms with Crippen molar-refractivity contribution in [2.75, 3.05) is 20.1 Å². The molecule has 0 bridgehead atoms. The normalized spacial score (nSPS) is 17.0. The second-order valence-corrected chi connectivity index (χ2v) is 4.89. The summed E-state index contributed by atoms with van der Waals surface area (Å²) in [6, 6.07) is 0. The monoisotopic (exact) mass is 210 g/mol. The van der Waals surface area contributed by atoms with Crippen molar-refractivity contribution in [3.63, 3.8) is 0 Å². The Morgan fingerprint density at radius 1 is 1.57 bits per heavy atom. The molecule has 0 fully saturated rings. The first-order chi connectivity index (χ1) is 6.81. The number of nitrogens with zero attached hydrogens (tertiary/aromatic N) is 1. The Morgan fingerprint density at radius 3 is 3.21 bits per heavy atom. The molecule has 0 amide bonds. The van der Waals surface area contributed by atoms with Crippen LogP contribution in [0.4, 0.5) is 0 Å². The van der Waals surface area contributed by atoms with E-state index >= 15 is 0 Å². The van der Waals surface area contributed by atoms with Crippen molar-refractivity contribution in [1.29, 1.82) is 0 Å². The lowest BCUT2D eigenvalue weighted by molar-refractivity contribution is 0.316. The van der Waals surface area contributed by atoms with Gasteiger partial charge in [-0.3, -0.25) is 0 Å². The molecule has 0 unspecified atom stereocenters. The van der Waals surface area contributed by atoms with E-state index in [2.05, 4.69) is 29.6 Å². The third-order valence-electron chi connectivity index (χ3n) is 2.79. The molecule has 0 atom stereocenters. The highest BCUT2D eigenvalue weighted by atomic mass is 32.1. The number of fused-ring (bicyclic) bond motifs is 1. The average molecular weight is 210 g/mol. The first-order valence-corrected chi connectivity index (χ1v) is 6.16. The molecule has 1 aromatic heterocycles. The van der Waals surface area contributed by atoms with E-state index in [1.54, 1.807) is 10.4 Å². The summed E-state index contributed by atoms with van der Waals surface area (Å²) in [7, 11) is 2.20. The van der Waals surface area contributed by atoms with Gasteiger partial charge in [0.2, 0.25) is 0 Å². The molecule has 1 N–H and O–H groups in total. The molecule has 2 heterocycles. The number of nitrogens with one attached hydrogen (secondary N) is 1. The Hall–Kier alpha value is -0.380. The zero-order valence-corrected chi connectivity index (χ0v) is 9.78. The van der Waals surface area contributed by atoms with Gasteiger partial charge in [0.05, 0.1) is 0 Å². The van der Waals surface area contributed by atoms with Gasteiger partial charge < -0.3 is 10.2 Å². The number of hydrogen-bond acceptors (Lipinski definition) is 3. The van der Waals surface area contributed by atoms with E-state index in [0.29, 0.717) is 0 Å². The van der Waals surface area contributed by atoms with Crippen LogP contribution in [0.5, 0.6) is 0 Å². The molecule has 78 valence electrons. The number of likely N-dealkylation sites (N-methyl/N-ethyl adjacent to an activating group) is 1. The van der Waals surface area contributed by atoms with Gasteiger partial charge in [0, 0.05) is 24.5 Å². The fourth-order valence-corrected chi connectivity index (χ4v) is 3.11. The van der Waals surface area contributed by atoms with Crippen LogP contribution in [0.25, 0.3) is 0 Å². The molecule has 0 radical (unpaired) electrons. The predicted octanol–water partition coefficient (Wildman–Crippen LogP) is 1.85. The lowest BCUT2D eigenvalue weighted by atomic mass is 10.0. The summed E-state index contributed by atoms with van der Waals surface area (Å²) in [6.45, 7) is 6.62. The summed E-state index contributed by atoms with van der Waals surface area (Å²) in [4.78, 5) is 3.97. The van der Waals surface area contributed by atoms with Gasteiger partial charge >= 0.3 is 0 Å². The molecule has 0 spiro atoms. The van der Waals surface area contributed by atoms with Crippen molar-refractivity contribution in [2.45, 2.75) is 26.4 Å². The lowest BCUT2D eigenvalue weighted by Gasteiger charge is -2.22. The maximum atomic E-state index is 3.41. The Labute approximate surface area is 89.9 Å². The van der Waals surface area contributed by atoms with E-state index in [1.165, 1.54) is 18.5 Å². The van der Waals surface area contributed by atoms with Gasteiger partial charge in [-0.2, -0.15) is 0 Å². The highest BCUT2D eigenvalue weighted by molar-refractivity contribution is 7.10. The first kappa shape index (κ1) is 10.1. The molecule has 3 heteroatoms. The molecular formula is C11H18N2S. The first-order valence-electron chi connectivity index (χ1n) is 5.28. The van der Waals surface area contributed by atoms with Crippen LogP contribution in [0.15, 0.2) is 5.38 Å². The molecule has 0 aliphatic carbocycles. The number of thiophene rings is 1. The van der Waals surface area contributed by atoms with Gasteiger partial charge in [0.25, 0.3) is 0 Å². The van der Waals surface area contributed by atoms with Gasteiger partial charge in [0.15, 0.2) is 0 Å². The zero-order chi connectivity index (χ0) is 9.97. The van der Waals surface area contributed by atoms with Crippen LogP contribution in [0.1, 0.15) is 22.9 Å². The second-order valence-electron chi connectivity index (χ2n) is 3.93. The molecule has 2 rings (SSSR count). The fraction of sp³-hybridized carbons (Fsp3) is 0.636. The van der Waals surface area contributed by atoms with Gasteiger partial charge in [-0.25, -0.2) is 0 Å². The van der Waals surface area contributed by atoms with Crippen LogP contribution >= 0.6 is 11.3 Å². The van der Waals surface area contributed by atoms with Crippen LogP contribution in [0, 0.1) is 0 Å². The Balaban J connectivity index is 2.12. The van der Waals surface area contributed by atoms with Gasteiger partial charge in [-0.15, -0.1) is 11.3 Å². The lowest BCUT2D eigenvalue weighted by Crippen LogP contribution is -2.26. The second kappa shape index (κ2) is 4.43. The zero-order valence-electron chi connectivity index (χ0n) is 8.97. The van der Waals surface area contributed by atoms with E-state index in [1.807, 2.05) is 11.3 Å². The minimum atomic E-state index is 1.05. The van der Waals surface area contributed by atoms with E-state index in [-0.39, 0.29) is 0 Å². The molecule has 1 aromatic rings. The summed E-state index contributed by atoms with van der Waals surface area (Å²) in [5, 5.41) is 5.73. The summed E-state index contributed by atoms with van der Waals surface area (Å²) in [5.41, 5.74) is 3.15. The van der Waals surface area contributed by atoms with Gasteiger partial charge in [0.1, 0.15) is 0 Å². The molecule has 1 aliphatic rings. The molecule has 0 saturated heterocycles. The Morgan fingerprint density at radius 2 is 2.43 bits per heavy atom. The molecular weight excluding hydrogens is 192 g/mol. The average Bonchev–Trinajstić information content (AvgIpc) is 2.57. The molecule has 1 aliphatic heterocycles. The Bertz CT molecular complexity index is 306. The molecule has 0 aromatic carbocycles. The molecule has 0 saturated carbocycles. The minimum Gasteiger partial charge on any atom is -0.313 e. The molecule has 14 heavy (non-hydrogen) atoms. The topological polar surface area (TPSA) is 15.3 Å². The maximum absolute atomic E-state index is 3.41. The van der Waals surface area contributed by atoms with Gasteiger partial charge in [-0.05, 0) is 36.5 Å². The number of rotatable bonds is 3. The quantitative estimate of drug-likeness (QED) is 0.819. The molecule has 2 nitrogen and oxygen atoms in total. The third-order valence-corrected chi connectivity index (χ3v) is 3.85. The van der Waals surface area contributed by atoms with Crippen LogP contribution in [0.3, 0.4) is 0 Å². The summed E-state index contributed by atoms with van der Waals surface area (Å²) in [5.74, 6) is 0. The fourth-order valence-electron chi connectivity index (χ4n) is 1.93. The van der Waals surface area contributed by atoms with Crippen LogP contribution in [0.2, 0.25) is 0 Å². The third kappa shape index (κ3) is 2.00. The van der Waals surface area contributed by atoms with Crippen LogP contribution in [-0.4, -0.2) is 25.0 Å². The SMILES string of the molecule is CCNCc1csc2c1CCN(C)C2. The van der Waals surface area contributed by atoms with Crippen molar-refractivity contribution in [3.8, 4) is 0 Å². The van der Waals surface area contributed by atoms with Crippen molar-refractivity contribution < 1.29 is 0 Å². The van der Waals surface area contributed by atoms with Crippen molar-refractivity contribution >= 4 is 11.3 Å². The highest BCUT2D eigenvalue weighted by Gasteiger charge is 2.17. The van der Waals surface area contributed by atoms with E-state index in [9.17, 15) is 0 Å². The van der Waals surface area contributed by atoms with E-state index < -0.39 is 0 Å². The van der Waals surface area contributed by atoms with Crippen LogP contribution < -0.4 is 5.32 Å². The van der Waals surface area contributed by atoms with Crippen LogP contribution in [-0.2, 0) is 19.5 Å². The largest absolute Gasteiger partial charge is 0.313 e. The van der Waals surface area contributed by atoms with E-state index in [0.717, 1.165) is 19.6 Å². The van der Waals surface area contributed by atoms with Gasteiger partial charge in [-0.1, -0.05) is 6.92 Å². The predicted molar refractivity (Wildman–Crippen MR) is 61.7 cm³/mol. The Kier molecular flexibility index (Phi) is 3.21. The van der Waals surface area contributed by atoms with Crippen molar-refractivity contribution in [3.05, 3.63) is 21.4 Å². The minimum absolute atomic E-state index is 1.05. The number of hydrogen-bond donors (Lipinski definition) is 1.